The van der Waals surface area contributed by atoms with E-state index in [1.807, 2.05) is 32.2 Å². The summed E-state index contributed by atoms with van der Waals surface area (Å²) in [6.07, 6.45) is 0.420. The maximum absolute atomic E-state index is 12.0. The van der Waals surface area contributed by atoms with Crippen molar-refractivity contribution >= 4 is 28.5 Å². The number of carbonyl (C=O) groups is 1. The zero-order valence-electron chi connectivity index (χ0n) is 9.53. The van der Waals surface area contributed by atoms with Crippen molar-refractivity contribution in [2.24, 2.45) is 0 Å². The van der Waals surface area contributed by atoms with Gasteiger partial charge in [0.05, 0.1) is 22.0 Å². The molecule has 0 N–H and O–H groups in total. The second kappa shape index (κ2) is 4.47. The number of hydrogen-bond donors (Lipinski definition) is 0. The van der Waals surface area contributed by atoms with Gasteiger partial charge in [0.1, 0.15) is 0 Å². The lowest BCUT2D eigenvalue weighted by Gasteiger charge is -1.93. The number of aromatic nitrogens is 1. The molecule has 0 aliphatic rings. The third-order valence-electron chi connectivity index (χ3n) is 2.45. The maximum atomic E-state index is 12.0. The third kappa shape index (κ3) is 2.39. The van der Waals surface area contributed by atoms with Crippen LogP contribution in [-0.4, -0.2) is 10.8 Å². The molecular weight excluding hydrogens is 238 g/mol. The first kappa shape index (κ1) is 11.5. The number of nitrogens with zero attached hydrogens (tertiary/aromatic N) is 1. The number of rotatable bonds is 3. The summed E-state index contributed by atoms with van der Waals surface area (Å²) >= 11 is 3.16. The van der Waals surface area contributed by atoms with Crippen LogP contribution in [-0.2, 0) is 6.42 Å². The van der Waals surface area contributed by atoms with Crippen molar-refractivity contribution in [2.45, 2.75) is 27.2 Å². The van der Waals surface area contributed by atoms with E-state index in [0.29, 0.717) is 6.42 Å². The van der Waals surface area contributed by atoms with E-state index in [1.165, 1.54) is 10.4 Å². The number of aryl methyl sites for hydroxylation is 3. The molecule has 16 heavy (non-hydrogen) atoms. The van der Waals surface area contributed by atoms with Crippen molar-refractivity contribution in [1.29, 1.82) is 0 Å². The lowest BCUT2D eigenvalue weighted by Crippen LogP contribution is -2.01. The first-order valence-corrected chi connectivity index (χ1v) is 6.77. The van der Waals surface area contributed by atoms with E-state index < -0.39 is 0 Å². The molecule has 2 nitrogen and oxygen atoms in total. The van der Waals surface area contributed by atoms with Crippen molar-refractivity contribution in [3.63, 3.8) is 0 Å². The van der Waals surface area contributed by atoms with Crippen LogP contribution in [0.2, 0.25) is 0 Å². The summed E-state index contributed by atoms with van der Waals surface area (Å²) in [7, 11) is 0. The van der Waals surface area contributed by atoms with Crippen LogP contribution in [0.1, 0.15) is 30.8 Å². The van der Waals surface area contributed by atoms with Crippen LogP contribution >= 0.6 is 22.7 Å². The number of carbonyl (C=O) groups excluding carboxylic acids is 1. The van der Waals surface area contributed by atoms with Gasteiger partial charge in [0.2, 0.25) is 0 Å². The van der Waals surface area contributed by atoms with E-state index >= 15 is 0 Å². The average molecular weight is 251 g/mol. The summed E-state index contributed by atoms with van der Waals surface area (Å²) in [6.45, 7) is 6.04. The molecule has 0 amide bonds. The molecule has 0 fully saturated rings. The van der Waals surface area contributed by atoms with Gasteiger partial charge < -0.3 is 0 Å². The Morgan fingerprint density at radius 1 is 1.38 bits per heavy atom. The molecule has 0 saturated heterocycles. The Morgan fingerprint density at radius 3 is 2.62 bits per heavy atom. The minimum Gasteiger partial charge on any atom is -0.293 e. The van der Waals surface area contributed by atoms with Crippen molar-refractivity contribution in [3.8, 4) is 0 Å². The van der Waals surface area contributed by atoms with Gasteiger partial charge in [0.25, 0.3) is 0 Å². The number of hydrogen-bond acceptors (Lipinski definition) is 4. The Hall–Kier alpha value is -1.00. The predicted octanol–water partition coefficient (Wildman–Crippen LogP) is 3.56. The standard InChI is InChI=1S/C12H13NOS2/c1-7-4-12(16-8(7)2)11(14)5-10-6-15-9(3)13-10/h4,6H,5H2,1-3H3. The highest BCUT2D eigenvalue weighted by molar-refractivity contribution is 7.14. The summed E-state index contributed by atoms with van der Waals surface area (Å²) in [5.41, 5.74) is 2.08. The molecule has 2 aromatic heterocycles. The molecule has 0 aliphatic heterocycles. The normalized spacial score (nSPS) is 10.7. The quantitative estimate of drug-likeness (QED) is 0.781. The molecule has 0 bridgehead atoms. The Bertz CT molecular complexity index is 505. The van der Waals surface area contributed by atoms with Crippen molar-refractivity contribution in [3.05, 3.63) is 37.5 Å². The topological polar surface area (TPSA) is 30.0 Å². The molecule has 0 saturated carbocycles. The van der Waals surface area contributed by atoms with E-state index in [0.717, 1.165) is 15.6 Å². The molecule has 0 aromatic carbocycles. The largest absolute Gasteiger partial charge is 0.293 e. The molecule has 0 unspecified atom stereocenters. The molecule has 2 rings (SSSR count). The van der Waals surface area contributed by atoms with Crippen molar-refractivity contribution in [2.75, 3.05) is 0 Å². The molecule has 0 spiro atoms. The summed E-state index contributed by atoms with van der Waals surface area (Å²) in [5, 5.41) is 2.97. The fraction of sp³-hybridized carbons (Fsp3) is 0.333. The van der Waals surface area contributed by atoms with E-state index in [1.54, 1.807) is 22.7 Å². The predicted molar refractivity (Wildman–Crippen MR) is 68.7 cm³/mol. The van der Waals surface area contributed by atoms with Gasteiger partial charge in [-0.05, 0) is 32.4 Å². The first-order chi connectivity index (χ1) is 7.56. The molecule has 0 radical (unpaired) electrons. The third-order valence-corrected chi connectivity index (χ3v) is 4.46. The van der Waals surface area contributed by atoms with Crippen LogP contribution in [0.5, 0.6) is 0 Å². The van der Waals surface area contributed by atoms with Crippen molar-refractivity contribution < 1.29 is 4.79 Å². The number of thiophene rings is 1. The van der Waals surface area contributed by atoms with Gasteiger partial charge in [0.15, 0.2) is 5.78 Å². The SMILES string of the molecule is Cc1nc(CC(=O)c2cc(C)c(C)s2)cs1. The summed E-state index contributed by atoms with van der Waals surface area (Å²) in [4.78, 5) is 18.3. The number of ketones is 1. The van der Waals surface area contributed by atoms with E-state index in [9.17, 15) is 4.79 Å². The molecule has 2 heterocycles. The van der Waals surface area contributed by atoms with Crippen LogP contribution in [0, 0.1) is 20.8 Å². The van der Waals surface area contributed by atoms with Crippen molar-refractivity contribution in [1.82, 2.24) is 4.98 Å². The minimum atomic E-state index is 0.173. The van der Waals surface area contributed by atoms with Crippen LogP contribution < -0.4 is 0 Å². The molecule has 2 aromatic rings. The van der Waals surface area contributed by atoms with Gasteiger partial charge in [-0.15, -0.1) is 22.7 Å². The highest BCUT2D eigenvalue weighted by Gasteiger charge is 2.12. The van der Waals surface area contributed by atoms with Gasteiger partial charge in [-0.1, -0.05) is 0 Å². The van der Waals surface area contributed by atoms with Gasteiger partial charge in [-0.2, -0.15) is 0 Å². The highest BCUT2D eigenvalue weighted by atomic mass is 32.1. The fourth-order valence-electron chi connectivity index (χ4n) is 1.45. The van der Waals surface area contributed by atoms with E-state index in [2.05, 4.69) is 4.98 Å². The number of thiazole rings is 1. The van der Waals surface area contributed by atoms with E-state index in [-0.39, 0.29) is 5.78 Å². The fourth-order valence-corrected chi connectivity index (χ4v) is 3.04. The smallest absolute Gasteiger partial charge is 0.178 e. The summed E-state index contributed by atoms with van der Waals surface area (Å²) in [5.74, 6) is 0.173. The Kier molecular flexibility index (Phi) is 3.21. The zero-order chi connectivity index (χ0) is 11.7. The minimum absolute atomic E-state index is 0.173. The summed E-state index contributed by atoms with van der Waals surface area (Å²) in [6, 6.07) is 1.97. The van der Waals surface area contributed by atoms with Crippen LogP contribution in [0.3, 0.4) is 0 Å². The lowest BCUT2D eigenvalue weighted by atomic mass is 10.2. The van der Waals surface area contributed by atoms with Gasteiger partial charge in [-0.25, -0.2) is 4.98 Å². The number of Topliss-reactive ketones (excluding diaryl/α,β-unsaturated/α-hetero) is 1. The zero-order valence-corrected chi connectivity index (χ0v) is 11.2. The van der Waals surface area contributed by atoms with Gasteiger partial charge in [-0.3, -0.25) is 4.79 Å². The monoisotopic (exact) mass is 251 g/mol. The Balaban J connectivity index is 2.14. The molecule has 0 aliphatic carbocycles. The lowest BCUT2D eigenvalue weighted by molar-refractivity contribution is 0.0996. The molecule has 4 heteroatoms. The van der Waals surface area contributed by atoms with Crippen LogP contribution in [0.4, 0.5) is 0 Å². The van der Waals surface area contributed by atoms with Gasteiger partial charge in [0, 0.05) is 10.3 Å². The van der Waals surface area contributed by atoms with Crippen LogP contribution in [0.25, 0.3) is 0 Å². The second-order valence-electron chi connectivity index (χ2n) is 3.81. The second-order valence-corrected chi connectivity index (χ2v) is 6.13. The Morgan fingerprint density at radius 2 is 2.12 bits per heavy atom. The van der Waals surface area contributed by atoms with E-state index in [4.69, 9.17) is 0 Å². The summed E-state index contributed by atoms with van der Waals surface area (Å²) < 4.78 is 0. The first-order valence-electron chi connectivity index (χ1n) is 5.07. The Labute approximate surface area is 103 Å². The maximum Gasteiger partial charge on any atom is 0.178 e. The highest BCUT2D eigenvalue weighted by Crippen LogP contribution is 2.22. The molecular formula is C12H13NOS2. The molecule has 0 atom stereocenters. The van der Waals surface area contributed by atoms with Gasteiger partial charge >= 0.3 is 0 Å². The average Bonchev–Trinajstić information content (AvgIpc) is 2.75. The van der Waals surface area contributed by atoms with Crippen LogP contribution in [0.15, 0.2) is 11.4 Å². The molecule has 84 valence electrons.